The van der Waals surface area contributed by atoms with Crippen LogP contribution in [0.4, 0.5) is 19.4 Å². The third-order valence-electron chi connectivity index (χ3n) is 5.62. The maximum Gasteiger partial charge on any atom is 0.320 e. The highest BCUT2D eigenvalue weighted by Crippen LogP contribution is 2.20. The van der Waals surface area contributed by atoms with Gasteiger partial charge in [0.15, 0.2) is 5.69 Å². The Morgan fingerprint density at radius 3 is 2.71 bits per heavy atom. The van der Waals surface area contributed by atoms with Gasteiger partial charge in [0.2, 0.25) is 0 Å². The number of hydrogen-bond acceptors (Lipinski definition) is 6. The van der Waals surface area contributed by atoms with Gasteiger partial charge in [-0.25, -0.2) is 18.6 Å². The van der Waals surface area contributed by atoms with Crippen LogP contribution in [0.15, 0.2) is 42.6 Å². The van der Waals surface area contributed by atoms with E-state index in [9.17, 15) is 18.4 Å². The summed E-state index contributed by atoms with van der Waals surface area (Å²) < 4.78 is 33.8. The van der Waals surface area contributed by atoms with E-state index in [0.29, 0.717) is 37.2 Å². The number of rotatable bonds is 8. The minimum atomic E-state index is -3.10. The summed E-state index contributed by atoms with van der Waals surface area (Å²) in [6.07, 6.45) is 1.36. The molecule has 0 radical (unpaired) electrons. The molecule has 0 spiro atoms. The Hall–Kier alpha value is -3.64. The molecule has 12 heteroatoms. The summed E-state index contributed by atoms with van der Waals surface area (Å²) in [4.78, 5) is 30.6. The number of morpholine rings is 1. The lowest BCUT2D eigenvalue weighted by Gasteiger charge is -2.30. The van der Waals surface area contributed by atoms with Crippen molar-refractivity contribution in [3.8, 4) is 0 Å². The normalized spacial score (nSPS) is 15.5. The zero-order valence-electron chi connectivity index (χ0n) is 19.2. The Balaban J connectivity index is 1.33. The van der Waals surface area contributed by atoms with E-state index in [4.69, 9.17) is 4.74 Å². The number of urea groups is 1. The molecule has 1 fully saturated rings. The molecule has 1 atom stereocenters. The number of ether oxygens (including phenoxy) is 1. The van der Waals surface area contributed by atoms with Gasteiger partial charge in [-0.3, -0.25) is 20.1 Å². The molecule has 2 aromatic heterocycles. The molecule has 35 heavy (non-hydrogen) atoms. The van der Waals surface area contributed by atoms with Crippen LogP contribution in [0, 0.1) is 0 Å². The Morgan fingerprint density at radius 1 is 1.23 bits per heavy atom. The van der Waals surface area contributed by atoms with Gasteiger partial charge in [0.05, 0.1) is 43.2 Å². The minimum absolute atomic E-state index is 0.0524. The third-order valence-corrected chi connectivity index (χ3v) is 5.62. The molecule has 4 rings (SSSR count). The number of carbonyl (C=O) groups excluding carboxylic acids is 2. The molecule has 0 aliphatic carbocycles. The SMILES string of the molecule is CC(NC(=O)Nc1cc2[nH]nc(C(=O)NCC(F)(F)CN3CCOCC3)c2cn1)c1ccccc1. The molecule has 1 unspecified atom stereocenters. The first-order valence-electron chi connectivity index (χ1n) is 11.2. The van der Waals surface area contributed by atoms with Crippen molar-refractivity contribution in [2.45, 2.75) is 18.9 Å². The highest BCUT2D eigenvalue weighted by Gasteiger charge is 2.33. The molecule has 3 aromatic rings. The third kappa shape index (κ3) is 6.49. The molecule has 3 heterocycles. The number of hydrogen-bond donors (Lipinski definition) is 4. The summed E-state index contributed by atoms with van der Waals surface area (Å²) >= 11 is 0. The first kappa shape index (κ1) is 24.5. The number of anilines is 1. The molecule has 1 saturated heterocycles. The number of carbonyl (C=O) groups is 2. The van der Waals surface area contributed by atoms with Crippen molar-refractivity contribution in [2.75, 3.05) is 44.7 Å². The first-order chi connectivity index (χ1) is 16.8. The van der Waals surface area contributed by atoms with E-state index in [0.717, 1.165) is 5.56 Å². The highest BCUT2D eigenvalue weighted by atomic mass is 19.3. The van der Waals surface area contributed by atoms with E-state index < -0.39 is 31.0 Å². The summed E-state index contributed by atoms with van der Waals surface area (Å²) in [5, 5.41) is 14.7. The van der Waals surface area contributed by atoms with Crippen molar-refractivity contribution in [1.82, 2.24) is 30.7 Å². The van der Waals surface area contributed by atoms with Crippen LogP contribution in [-0.4, -0.2) is 77.3 Å². The number of amides is 3. The number of aromatic nitrogens is 3. The Morgan fingerprint density at radius 2 is 1.97 bits per heavy atom. The predicted molar refractivity (Wildman–Crippen MR) is 125 cm³/mol. The van der Waals surface area contributed by atoms with Crippen LogP contribution in [0.3, 0.4) is 0 Å². The van der Waals surface area contributed by atoms with Gasteiger partial charge in [0, 0.05) is 25.4 Å². The smallest absolute Gasteiger partial charge is 0.320 e. The van der Waals surface area contributed by atoms with Crippen LogP contribution in [0.5, 0.6) is 0 Å². The predicted octanol–water partition coefficient (Wildman–Crippen LogP) is 2.54. The van der Waals surface area contributed by atoms with Crippen LogP contribution < -0.4 is 16.0 Å². The Labute approximate surface area is 200 Å². The largest absolute Gasteiger partial charge is 0.379 e. The zero-order valence-corrected chi connectivity index (χ0v) is 19.2. The van der Waals surface area contributed by atoms with Gasteiger partial charge in [-0.1, -0.05) is 30.3 Å². The summed E-state index contributed by atoms with van der Waals surface area (Å²) in [6, 6.07) is 10.3. The zero-order chi connectivity index (χ0) is 24.8. The van der Waals surface area contributed by atoms with E-state index in [1.54, 1.807) is 4.90 Å². The monoisotopic (exact) mass is 487 g/mol. The molecule has 1 aliphatic heterocycles. The lowest BCUT2D eigenvalue weighted by Crippen LogP contribution is -2.48. The summed E-state index contributed by atoms with van der Waals surface area (Å²) in [5.74, 6) is -3.60. The average Bonchev–Trinajstić information content (AvgIpc) is 3.27. The second-order valence-electron chi connectivity index (χ2n) is 8.35. The van der Waals surface area contributed by atoms with Crippen molar-refractivity contribution in [3.63, 3.8) is 0 Å². The Bertz CT molecular complexity index is 1170. The van der Waals surface area contributed by atoms with Gasteiger partial charge in [0.1, 0.15) is 5.82 Å². The topological polar surface area (TPSA) is 124 Å². The number of aromatic amines is 1. The van der Waals surface area contributed by atoms with Gasteiger partial charge in [0.25, 0.3) is 11.8 Å². The quantitative estimate of drug-likeness (QED) is 0.387. The molecular formula is C23H27F2N7O3. The standard InChI is InChI=1S/C23H27F2N7O3/c1-15(16-5-3-2-4-6-16)28-22(34)29-19-11-18-17(12-26-19)20(31-30-18)21(33)27-13-23(24,25)14-32-7-9-35-10-8-32/h2-6,11-12,15H,7-10,13-14H2,1H3,(H,27,33)(H,30,31)(H2,26,28,29,34). The molecule has 4 N–H and O–H groups in total. The highest BCUT2D eigenvalue weighted by molar-refractivity contribution is 6.05. The summed E-state index contributed by atoms with van der Waals surface area (Å²) in [7, 11) is 0. The summed E-state index contributed by atoms with van der Waals surface area (Å²) in [5.41, 5.74) is 1.32. The lowest BCUT2D eigenvalue weighted by atomic mass is 10.1. The molecule has 0 bridgehead atoms. The van der Waals surface area contributed by atoms with Crippen molar-refractivity contribution >= 4 is 28.7 Å². The van der Waals surface area contributed by atoms with E-state index in [-0.39, 0.29) is 17.6 Å². The van der Waals surface area contributed by atoms with Gasteiger partial charge in [-0.05, 0) is 12.5 Å². The fraction of sp³-hybridized carbons (Fsp3) is 0.391. The molecule has 0 saturated carbocycles. The molecular weight excluding hydrogens is 460 g/mol. The van der Waals surface area contributed by atoms with Crippen LogP contribution in [0.25, 0.3) is 10.9 Å². The van der Waals surface area contributed by atoms with Crippen LogP contribution in [0.1, 0.15) is 29.0 Å². The van der Waals surface area contributed by atoms with Crippen molar-refractivity contribution < 1.29 is 23.1 Å². The van der Waals surface area contributed by atoms with E-state index in [2.05, 4.69) is 31.1 Å². The second kappa shape index (κ2) is 10.7. The lowest BCUT2D eigenvalue weighted by molar-refractivity contribution is -0.0543. The van der Waals surface area contributed by atoms with E-state index >= 15 is 0 Å². The van der Waals surface area contributed by atoms with Crippen LogP contribution in [0.2, 0.25) is 0 Å². The fourth-order valence-electron chi connectivity index (χ4n) is 3.76. The molecule has 1 aliphatic rings. The number of nitrogens with one attached hydrogen (secondary N) is 4. The maximum atomic E-state index is 14.3. The summed E-state index contributed by atoms with van der Waals surface area (Å²) in [6.45, 7) is 2.27. The minimum Gasteiger partial charge on any atom is -0.379 e. The van der Waals surface area contributed by atoms with Crippen LogP contribution in [-0.2, 0) is 4.74 Å². The number of halogens is 2. The van der Waals surface area contributed by atoms with Crippen molar-refractivity contribution in [1.29, 1.82) is 0 Å². The molecule has 10 nitrogen and oxygen atoms in total. The number of benzene rings is 1. The van der Waals surface area contributed by atoms with E-state index in [1.165, 1.54) is 12.3 Å². The van der Waals surface area contributed by atoms with Crippen molar-refractivity contribution in [3.05, 3.63) is 53.9 Å². The maximum absolute atomic E-state index is 14.3. The van der Waals surface area contributed by atoms with Gasteiger partial charge >= 0.3 is 6.03 Å². The number of nitrogens with zero attached hydrogens (tertiary/aromatic N) is 3. The molecule has 3 amide bonds. The van der Waals surface area contributed by atoms with Crippen molar-refractivity contribution in [2.24, 2.45) is 0 Å². The second-order valence-corrected chi connectivity index (χ2v) is 8.35. The number of fused-ring (bicyclic) bond motifs is 1. The number of alkyl halides is 2. The van der Waals surface area contributed by atoms with Gasteiger partial charge < -0.3 is 15.4 Å². The van der Waals surface area contributed by atoms with E-state index in [1.807, 2.05) is 37.3 Å². The Kier molecular flexibility index (Phi) is 7.51. The van der Waals surface area contributed by atoms with Crippen LogP contribution >= 0.6 is 0 Å². The fourth-order valence-corrected chi connectivity index (χ4v) is 3.76. The number of pyridine rings is 1. The molecule has 186 valence electrons. The number of H-pyrrole nitrogens is 1. The molecule has 1 aromatic carbocycles. The first-order valence-corrected chi connectivity index (χ1v) is 11.2. The van der Waals surface area contributed by atoms with Gasteiger partial charge in [-0.2, -0.15) is 5.10 Å². The van der Waals surface area contributed by atoms with Gasteiger partial charge in [-0.15, -0.1) is 0 Å². The average molecular weight is 488 g/mol.